The van der Waals surface area contributed by atoms with Crippen molar-refractivity contribution in [3.63, 3.8) is 0 Å². The number of fused-ring (bicyclic) bond motifs is 1. The Labute approximate surface area is 152 Å². The van der Waals surface area contributed by atoms with Crippen LogP contribution in [0.3, 0.4) is 0 Å². The summed E-state index contributed by atoms with van der Waals surface area (Å²) in [5.74, 6) is 1.23. The first-order valence-corrected chi connectivity index (χ1v) is 8.82. The zero-order chi connectivity index (χ0) is 18.5. The summed E-state index contributed by atoms with van der Waals surface area (Å²) < 4.78 is 14.8. The van der Waals surface area contributed by atoms with E-state index in [1.807, 2.05) is 57.7 Å². The van der Waals surface area contributed by atoms with Crippen molar-refractivity contribution in [3.8, 4) is 11.5 Å². The Hall–Kier alpha value is -2.73. The van der Waals surface area contributed by atoms with Crippen molar-refractivity contribution >= 4 is 11.0 Å². The zero-order valence-corrected chi connectivity index (χ0v) is 15.2. The molecule has 138 valence electrons. The van der Waals surface area contributed by atoms with Gasteiger partial charge >= 0.3 is 0 Å². The zero-order valence-electron chi connectivity index (χ0n) is 15.2. The highest BCUT2D eigenvalue weighted by molar-refractivity contribution is 5.75. The number of aliphatic hydroxyl groups excluding tert-OH is 1. The summed E-state index contributed by atoms with van der Waals surface area (Å²) >= 11 is 0. The van der Waals surface area contributed by atoms with Crippen LogP contribution < -0.4 is 15.1 Å². The number of benzene rings is 2. The fourth-order valence-corrected chi connectivity index (χ4v) is 3.12. The Kier molecular flexibility index (Phi) is 5.63. The fourth-order valence-electron chi connectivity index (χ4n) is 3.12. The molecular formula is C20H25N3O3. The monoisotopic (exact) mass is 355 g/mol. The van der Waals surface area contributed by atoms with Gasteiger partial charge in [0, 0.05) is 6.54 Å². The first-order chi connectivity index (χ1) is 12.7. The van der Waals surface area contributed by atoms with Gasteiger partial charge in [-0.2, -0.15) is 0 Å². The van der Waals surface area contributed by atoms with Crippen molar-refractivity contribution in [2.24, 2.45) is 0 Å². The average Bonchev–Trinajstić information content (AvgIpc) is 2.93. The molecule has 1 aromatic heterocycles. The highest BCUT2D eigenvalue weighted by Gasteiger charge is 2.14. The minimum Gasteiger partial charge on any atom is -0.493 e. The molecule has 2 aromatic carbocycles. The van der Waals surface area contributed by atoms with Gasteiger partial charge in [-0.1, -0.05) is 31.2 Å². The van der Waals surface area contributed by atoms with E-state index in [0.29, 0.717) is 23.7 Å². The number of hydrogen-bond donors (Lipinski definition) is 2. The summed E-state index contributed by atoms with van der Waals surface area (Å²) in [4.78, 5) is 0. The molecule has 0 bridgehead atoms. The van der Waals surface area contributed by atoms with Gasteiger partial charge in [0.2, 0.25) is 5.62 Å². The van der Waals surface area contributed by atoms with Crippen LogP contribution >= 0.6 is 0 Å². The van der Waals surface area contributed by atoms with Gasteiger partial charge in [0.25, 0.3) is 0 Å². The molecule has 2 N–H and O–H groups in total. The Bertz CT molecular complexity index is 929. The third kappa shape index (κ3) is 3.60. The van der Waals surface area contributed by atoms with E-state index in [2.05, 4.69) is 6.92 Å². The minimum atomic E-state index is -0.741. The predicted octanol–water partition coefficient (Wildman–Crippen LogP) is 2.78. The second-order valence-corrected chi connectivity index (χ2v) is 6.19. The van der Waals surface area contributed by atoms with E-state index in [-0.39, 0.29) is 6.61 Å². The topological polar surface area (TPSA) is 72.4 Å². The number of aliphatic hydroxyl groups is 1. The van der Waals surface area contributed by atoms with Crippen LogP contribution in [0, 0.1) is 5.41 Å². The van der Waals surface area contributed by atoms with E-state index >= 15 is 0 Å². The number of para-hydroxylation sites is 4. The van der Waals surface area contributed by atoms with E-state index in [4.69, 9.17) is 14.9 Å². The van der Waals surface area contributed by atoms with Crippen LogP contribution in [-0.4, -0.2) is 34.1 Å². The molecule has 0 unspecified atom stereocenters. The fraction of sp³-hybridized carbons (Fsp3) is 0.350. The van der Waals surface area contributed by atoms with Gasteiger partial charge < -0.3 is 23.7 Å². The molecule has 6 nitrogen and oxygen atoms in total. The van der Waals surface area contributed by atoms with E-state index in [1.165, 1.54) is 0 Å². The van der Waals surface area contributed by atoms with E-state index in [1.54, 1.807) is 7.11 Å². The van der Waals surface area contributed by atoms with Crippen molar-refractivity contribution in [1.29, 1.82) is 5.41 Å². The van der Waals surface area contributed by atoms with Crippen LogP contribution in [0.25, 0.3) is 11.0 Å². The predicted molar refractivity (Wildman–Crippen MR) is 101 cm³/mol. The molecule has 0 aliphatic carbocycles. The third-order valence-electron chi connectivity index (χ3n) is 4.32. The lowest BCUT2D eigenvalue weighted by atomic mass is 10.3. The first kappa shape index (κ1) is 18.1. The van der Waals surface area contributed by atoms with E-state index in [9.17, 15) is 5.11 Å². The number of aromatic nitrogens is 2. The highest BCUT2D eigenvalue weighted by atomic mass is 16.5. The van der Waals surface area contributed by atoms with E-state index in [0.717, 1.165) is 24.0 Å². The number of nitrogens with one attached hydrogen (secondary N) is 1. The molecule has 0 radical (unpaired) electrons. The van der Waals surface area contributed by atoms with Crippen molar-refractivity contribution in [3.05, 3.63) is 54.1 Å². The largest absolute Gasteiger partial charge is 0.493 e. The lowest BCUT2D eigenvalue weighted by Gasteiger charge is -2.15. The smallest absolute Gasteiger partial charge is 0.203 e. The third-order valence-corrected chi connectivity index (χ3v) is 4.32. The molecule has 0 spiro atoms. The summed E-state index contributed by atoms with van der Waals surface area (Å²) in [5.41, 5.74) is 2.35. The first-order valence-electron chi connectivity index (χ1n) is 8.82. The van der Waals surface area contributed by atoms with Crippen molar-refractivity contribution in [2.45, 2.75) is 32.5 Å². The lowest BCUT2D eigenvalue weighted by molar-refractivity contribution is 0.0906. The number of ether oxygens (including phenoxy) is 2. The Morgan fingerprint density at radius 3 is 2.27 bits per heavy atom. The van der Waals surface area contributed by atoms with Crippen molar-refractivity contribution in [1.82, 2.24) is 9.13 Å². The van der Waals surface area contributed by atoms with Crippen LogP contribution in [0.15, 0.2) is 48.5 Å². The molecule has 0 aliphatic heterocycles. The minimum absolute atomic E-state index is 0.125. The summed E-state index contributed by atoms with van der Waals surface area (Å²) in [5, 5.41) is 19.0. The van der Waals surface area contributed by atoms with E-state index < -0.39 is 6.10 Å². The summed E-state index contributed by atoms with van der Waals surface area (Å²) in [6, 6.07) is 15.3. The Morgan fingerprint density at radius 1 is 1.00 bits per heavy atom. The van der Waals surface area contributed by atoms with Crippen LogP contribution in [-0.2, 0) is 13.1 Å². The summed E-state index contributed by atoms with van der Waals surface area (Å²) in [6.45, 7) is 3.29. The molecular weight excluding hydrogens is 330 g/mol. The standard InChI is InChI=1S/C20H25N3O3/c1-3-12-22-16-8-4-5-9-17(16)23(20(22)21)13-15(24)14-26-19-11-7-6-10-18(19)25-2/h4-11,15,21,24H,3,12-14H2,1-2H3/t15-/m0/s1. The van der Waals surface area contributed by atoms with Crippen LogP contribution in [0.5, 0.6) is 11.5 Å². The number of nitrogens with zero attached hydrogens (tertiary/aromatic N) is 2. The number of methoxy groups -OCH3 is 1. The highest BCUT2D eigenvalue weighted by Crippen LogP contribution is 2.25. The molecule has 3 aromatic rings. The Balaban J connectivity index is 1.78. The van der Waals surface area contributed by atoms with Gasteiger partial charge in [0.15, 0.2) is 11.5 Å². The second-order valence-electron chi connectivity index (χ2n) is 6.19. The molecule has 0 aliphatic rings. The molecule has 1 atom stereocenters. The molecule has 0 saturated heterocycles. The number of rotatable bonds is 8. The summed E-state index contributed by atoms with van der Waals surface area (Å²) in [7, 11) is 1.59. The lowest BCUT2D eigenvalue weighted by Crippen LogP contribution is -2.31. The van der Waals surface area contributed by atoms with Gasteiger partial charge in [-0.3, -0.25) is 5.41 Å². The maximum absolute atomic E-state index is 10.5. The second kappa shape index (κ2) is 8.10. The van der Waals surface area contributed by atoms with Gasteiger partial charge in [-0.15, -0.1) is 0 Å². The van der Waals surface area contributed by atoms with Crippen LogP contribution in [0.4, 0.5) is 0 Å². The Morgan fingerprint density at radius 2 is 1.62 bits per heavy atom. The molecule has 3 rings (SSSR count). The van der Waals surface area contributed by atoms with Gasteiger partial charge in [-0.05, 0) is 30.7 Å². The molecule has 0 saturated carbocycles. The SMILES string of the molecule is CCCn1c(=N)n(C[C@H](O)COc2ccccc2OC)c2ccccc21. The van der Waals surface area contributed by atoms with Gasteiger partial charge in [0.1, 0.15) is 12.7 Å². The molecule has 0 amide bonds. The molecule has 26 heavy (non-hydrogen) atoms. The number of aryl methyl sites for hydroxylation is 1. The number of imidazole rings is 1. The molecule has 0 fully saturated rings. The van der Waals surface area contributed by atoms with Gasteiger partial charge in [-0.25, -0.2) is 0 Å². The number of hydrogen-bond acceptors (Lipinski definition) is 4. The van der Waals surface area contributed by atoms with Crippen LogP contribution in [0.1, 0.15) is 13.3 Å². The molecule has 6 heteroatoms. The van der Waals surface area contributed by atoms with Crippen LogP contribution in [0.2, 0.25) is 0 Å². The quantitative estimate of drug-likeness (QED) is 0.653. The maximum atomic E-state index is 10.5. The average molecular weight is 355 g/mol. The normalized spacial score (nSPS) is 12.3. The maximum Gasteiger partial charge on any atom is 0.203 e. The summed E-state index contributed by atoms with van der Waals surface area (Å²) in [6.07, 6.45) is 0.208. The van der Waals surface area contributed by atoms with Crippen molar-refractivity contribution < 1.29 is 14.6 Å². The van der Waals surface area contributed by atoms with Gasteiger partial charge in [0.05, 0.1) is 24.7 Å². The molecule has 1 heterocycles. The van der Waals surface area contributed by atoms with Crippen molar-refractivity contribution in [2.75, 3.05) is 13.7 Å².